The van der Waals surface area contributed by atoms with Gasteiger partial charge in [-0.2, -0.15) is 0 Å². The van der Waals surface area contributed by atoms with Gasteiger partial charge >= 0.3 is 5.97 Å². The van der Waals surface area contributed by atoms with Crippen molar-refractivity contribution < 1.29 is 14.6 Å². The quantitative estimate of drug-likeness (QED) is 0.615. The van der Waals surface area contributed by atoms with E-state index in [9.17, 15) is 9.90 Å². The van der Waals surface area contributed by atoms with Gasteiger partial charge in [0.25, 0.3) is 0 Å². The second-order valence-electron chi connectivity index (χ2n) is 3.40. The molecule has 0 heterocycles. The van der Waals surface area contributed by atoms with Crippen LogP contribution in [0.25, 0.3) is 0 Å². The van der Waals surface area contributed by atoms with E-state index in [-0.39, 0.29) is 6.42 Å². The molecule has 0 aromatic rings. The van der Waals surface area contributed by atoms with E-state index in [1.54, 1.807) is 13.8 Å². The number of carbonyl (C=O) groups excluding carboxylic acids is 1. The van der Waals surface area contributed by atoms with E-state index in [2.05, 4.69) is 0 Å². The highest BCUT2D eigenvalue weighted by molar-refractivity contribution is 5.80. The van der Waals surface area contributed by atoms with Gasteiger partial charge in [-0.25, -0.2) is 0 Å². The maximum Gasteiger partial charge on any atom is 0.325 e. The predicted molar refractivity (Wildman–Crippen MR) is 50.1 cm³/mol. The molecule has 4 heteroatoms. The van der Waals surface area contributed by atoms with Crippen LogP contribution >= 0.6 is 0 Å². The average molecular weight is 189 g/mol. The number of ether oxygens (including phenoxy) is 1. The van der Waals surface area contributed by atoms with Gasteiger partial charge in [-0.05, 0) is 20.3 Å². The van der Waals surface area contributed by atoms with E-state index >= 15 is 0 Å². The summed E-state index contributed by atoms with van der Waals surface area (Å²) in [5.41, 5.74) is 4.61. The predicted octanol–water partition coefficient (Wildman–Crippen LogP) is 0.428. The van der Waals surface area contributed by atoms with Crippen molar-refractivity contribution in [2.75, 3.05) is 6.61 Å². The van der Waals surface area contributed by atoms with Crippen molar-refractivity contribution in [3.05, 3.63) is 0 Å². The van der Waals surface area contributed by atoms with E-state index in [1.807, 2.05) is 6.92 Å². The Morgan fingerprint density at radius 3 is 2.54 bits per heavy atom. The second-order valence-corrected chi connectivity index (χ2v) is 3.40. The van der Waals surface area contributed by atoms with Crippen LogP contribution in [0.5, 0.6) is 0 Å². The SMILES string of the molecule is CCOC(=O)C(C)(N)CC(O)CC. The van der Waals surface area contributed by atoms with Crippen LogP contribution in [0.4, 0.5) is 0 Å². The molecule has 0 radical (unpaired) electrons. The van der Waals surface area contributed by atoms with Gasteiger partial charge < -0.3 is 15.6 Å². The first-order valence-corrected chi connectivity index (χ1v) is 4.58. The van der Waals surface area contributed by atoms with E-state index in [4.69, 9.17) is 10.5 Å². The van der Waals surface area contributed by atoms with Crippen LogP contribution in [0.15, 0.2) is 0 Å². The third-order valence-electron chi connectivity index (χ3n) is 1.87. The summed E-state index contributed by atoms with van der Waals surface area (Å²) in [5, 5.41) is 9.32. The number of nitrogens with two attached hydrogens (primary N) is 1. The van der Waals surface area contributed by atoms with E-state index in [0.717, 1.165) is 0 Å². The summed E-state index contributed by atoms with van der Waals surface area (Å²) in [7, 11) is 0. The molecule has 3 N–H and O–H groups in total. The smallest absolute Gasteiger partial charge is 0.325 e. The molecule has 0 aliphatic heterocycles. The average Bonchev–Trinajstić information content (AvgIpc) is 2.04. The molecule has 13 heavy (non-hydrogen) atoms. The lowest BCUT2D eigenvalue weighted by atomic mass is 9.95. The maximum absolute atomic E-state index is 11.3. The molecule has 0 aliphatic carbocycles. The molecule has 0 saturated heterocycles. The van der Waals surface area contributed by atoms with Crippen molar-refractivity contribution in [1.29, 1.82) is 0 Å². The molecule has 0 aromatic heterocycles. The zero-order valence-corrected chi connectivity index (χ0v) is 8.54. The highest BCUT2D eigenvalue weighted by atomic mass is 16.5. The number of aliphatic hydroxyl groups excluding tert-OH is 1. The zero-order valence-electron chi connectivity index (χ0n) is 8.54. The van der Waals surface area contributed by atoms with E-state index in [0.29, 0.717) is 13.0 Å². The van der Waals surface area contributed by atoms with Crippen LogP contribution in [-0.2, 0) is 9.53 Å². The van der Waals surface area contributed by atoms with Crippen LogP contribution in [0.2, 0.25) is 0 Å². The standard InChI is InChI=1S/C9H19NO3/c1-4-7(11)6-9(3,10)8(12)13-5-2/h7,11H,4-6,10H2,1-3H3. The molecule has 0 saturated carbocycles. The van der Waals surface area contributed by atoms with Gasteiger partial charge in [0.05, 0.1) is 12.7 Å². The number of rotatable bonds is 5. The fraction of sp³-hybridized carbons (Fsp3) is 0.889. The Morgan fingerprint density at radius 1 is 1.62 bits per heavy atom. The summed E-state index contributed by atoms with van der Waals surface area (Å²) in [5.74, 6) is -0.456. The van der Waals surface area contributed by atoms with Crippen LogP contribution in [0.3, 0.4) is 0 Å². The molecule has 0 aliphatic rings. The number of carbonyl (C=O) groups is 1. The number of hydrogen-bond donors (Lipinski definition) is 2. The normalized spacial score (nSPS) is 17.6. The van der Waals surface area contributed by atoms with E-state index in [1.165, 1.54) is 0 Å². The largest absolute Gasteiger partial charge is 0.465 e. The van der Waals surface area contributed by atoms with Crippen molar-refractivity contribution in [1.82, 2.24) is 0 Å². The maximum atomic E-state index is 11.3. The number of aliphatic hydroxyl groups is 1. The fourth-order valence-electron chi connectivity index (χ4n) is 1.01. The Hall–Kier alpha value is -0.610. The Morgan fingerprint density at radius 2 is 2.15 bits per heavy atom. The summed E-state index contributed by atoms with van der Waals surface area (Å²) in [4.78, 5) is 11.3. The Kier molecular flexibility index (Phi) is 4.95. The first-order chi connectivity index (χ1) is 5.94. The third-order valence-corrected chi connectivity index (χ3v) is 1.87. The van der Waals surface area contributed by atoms with Gasteiger partial charge in [0.15, 0.2) is 0 Å². The minimum Gasteiger partial charge on any atom is -0.465 e. The molecule has 2 unspecified atom stereocenters. The fourth-order valence-corrected chi connectivity index (χ4v) is 1.01. The summed E-state index contributed by atoms with van der Waals surface area (Å²) >= 11 is 0. The summed E-state index contributed by atoms with van der Waals surface area (Å²) in [6.45, 7) is 5.45. The molecule has 0 spiro atoms. The van der Waals surface area contributed by atoms with Crippen molar-refractivity contribution in [3.63, 3.8) is 0 Å². The van der Waals surface area contributed by atoms with Crippen molar-refractivity contribution in [2.45, 2.75) is 45.3 Å². The molecule has 0 amide bonds. The lowest BCUT2D eigenvalue weighted by Gasteiger charge is -2.24. The Balaban J connectivity index is 4.13. The molecular weight excluding hydrogens is 170 g/mol. The lowest BCUT2D eigenvalue weighted by Crippen LogP contribution is -2.48. The Bertz CT molecular complexity index is 168. The van der Waals surface area contributed by atoms with Gasteiger partial charge in [-0.3, -0.25) is 4.79 Å². The monoisotopic (exact) mass is 189 g/mol. The number of esters is 1. The summed E-state index contributed by atoms with van der Waals surface area (Å²) < 4.78 is 4.78. The number of hydrogen-bond acceptors (Lipinski definition) is 4. The third kappa shape index (κ3) is 4.24. The van der Waals surface area contributed by atoms with Crippen LogP contribution < -0.4 is 5.73 Å². The topological polar surface area (TPSA) is 72.5 Å². The van der Waals surface area contributed by atoms with Gasteiger partial charge in [-0.15, -0.1) is 0 Å². The van der Waals surface area contributed by atoms with Crippen molar-refractivity contribution >= 4 is 5.97 Å². The molecule has 0 bridgehead atoms. The van der Waals surface area contributed by atoms with Gasteiger partial charge in [0.1, 0.15) is 5.54 Å². The van der Waals surface area contributed by atoms with Gasteiger partial charge in [0, 0.05) is 6.42 Å². The zero-order chi connectivity index (χ0) is 10.5. The van der Waals surface area contributed by atoms with Crippen molar-refractivity contribution in [2.24, 2.45) is 5.73 Å². The molecular formula is C9H19NO3. The molecule has 4 nitrogen and oxygen atoms in total. The van der Waals surface area contributed by atoms with E-state index < -0.39 is 17.6 Å². The van der Waals surface area contributed by atoms with Crippen molar-refractivity contribution in [3.8, 4) is 0 Å². The first-order valence-electron chi connectivity index (χ1n) is 4.58. The van der Waals surface area contributed by atoms with Crippen LogP contribution in [0.1, 0.15) is 33.6 Å². The first kappa shape index (κ1) is 12.4. The highest BCUT2D eigenvalue weighted by Crippen LogP contribution is 2.13. The lowest BCUT2D eigenvalue weighted by molar-refractivity contribution is -0.150. The highest BCUT2D eigenvalue weighted by Gasteiger charge is 2.31. The van der Waals surface area contributed by atoms with Gasteiger partial charge in [0.2, 0.25) is 0 Å². The van der Waals surface area contributed by atoms with Crippen LogP contribution in [0, 0.1) is 0 Å². The minimum absolute atomic E-state index is 0.238. The molecule has 78 valence electrons. The molecule has 0 rings (SSSR count). The van der Waals surface area contributed by atoms with Gasteiger partial charge in [-0.1, -0.05) is 6.92 Å². The summed E-state index contributed by atoms with van der Waals surface area (Å²) in [6.07, 6.45) is 0.286. The molecule has 0 aromatic carbocycles. The summed E-state index contributed by atoms with van der Waals surface area (Å²) in [6, 6.07) is 0. The second kappa shape index (κ2) is 5.19. The van der Waals surface area contributed by atoms with Crippen LogP contribution in [-0.4, -0.2) is 29.3 Å². The minimum atomic E-state index is -1.08. The molecule has 0 fully saturated rings. The Labute approximate surface area is 79.1 Å². The molecule has 2 atom stereocenters.